The highest BCUT2D eigenvalue weighted by Crippen LogP contribution is 2.34. The van der Waals surface area contributed by atoms with Gasteiger partial charge in [-0.15, -0.1) is 0 Å². The van der Waals surface area contributed by atoms with Crippen LogP contribution in [0, 0.1) is 0 Å². The number of sulfonamides is 1. The van der Waals surface area contributed by atoms with E-state index in [4.69, 9.17) is 11.6 Å². The summed E-state index contributed by atoms with van der Waals surface area (Å²) in [7, 11) is -4.13. The SMILES string of the molecule is O=C1CCCN1CCN1CCN(S(=O)(=O)c2cc(C(F)(F)F)ccc2Cl)CC1. The van der Waals surface area contributed by atoms with Crippen molar-refractivity contribution < 1.29 is 26.4 Å². The predicted molar refractivity (Wildman–Crippen MR) is 97.5 cm³/mol. The van der Waals surface area contributed by atoms with Crippen LogP contribution in [0.1, 0.15) is 18.4 Å². The Bertz CT molecular complexity index is 840. The molecule has 0 unspecified atom stereocenters. The van der Waals surface area contributed by atoms with E-state index in [0.29, 0.717) is 38.7 Å². The number of carbonyl (C=O) groups excluding carboxylic acids is 1. The molecular weight excluding hydrogens is 419 g/mol. The van der Waals surface area contributed by atoms with Crippen LogP contribution in [0.2, 0.25) is 5.02 Å². The molecule has 0 aliphatic carbocycles. The maximum absolute atomic E-state index is 12.9. The van der Waals surface area contributed by atoms with Crippen molar-refractivity contribution in [1.82, 2.24) is 14.1 Å². The lowest BCUT2D eigenvalue weighted by Crippen LogP contribution is -2.50. The first-order valence-electron chi connectivity index (χ1n) is 8.96. The van der Waals surface area contributed by atoms with Crippen molar-refractivity contribution in [2.45, 2.75) is 23.9 Å². The summed E-state index contributed by atoms with van der Waals surface area (Å²) in [5.74, 6) is 0.139. The Morgan fingerprint density at radius 2 is 1.71 bits per heavy atom. The van der Waals surface area contributed by atoms with Gasteiger partial charge in [0.15, 0.2) is 0 Å². The second-order valence-electron chi connectivity index (χ2n) is 6.87. The van der Waals surface area contributed by atoms with E-state index < -0.39 is 26.7 Å². The van der Waals surface area contributed by atoms with Crippen molar-refractivity contribution in [2.75, 3.05) is 45.8 Å². The van der Waals surface area contributed by atoms with Crippen LogP contribution in [0.5, 0.6) is 0 Å². The highest BCUT2D eigenvalue weighted by atomic mass is 35.5. The number of rotatable bonds is 5. The van der Waals surface area contributed by atoms with Gasteiger partial charge in [-0.25, -0.2) is 8.42 Å². The summed E-state index contributed by atoms with van der Waals surface area (Å²) in [4.78, 5) is 15.0. The molecule has 0 aromatic heterocycles. The zero-order chi connectivity index (χ0) is 20.5. The third-order valence-corrected chi connectivity index (χ3v) is 7.45. The zero-order valence-electron chi connectivity index (χ0n) is 15.1. The number of amides is 1. The molecule has 0 radical (unpaired) electrons. The Morgan fingerprint density at radius 1 is 1.04 bits per heavy atom. The fraction of sp³-hybridized carbons (Fsp3) is 0.588. The first kappa shape index (κ1) is 21.4. The van der Waals surface area contributed by atoms with Gasteiger partial charge >= 0.3 is 6.18 Å². The molecule has 2 aliphatic heterocycles. The molecule has 1 amide bonds. The number of benzene rings is 1. The highest BCUT2D eigenvalue weighted by molar-refractivity contribution is 7.89. The van der Waals surface area contributed by atoms with Gasteiger partial charge in [0, 0.05) is 52.2 Å². The fourth-order valence-electron chi connectivity index (χ4n) is 3.41. The van der Waals surface area contributed by atoms with E-state index in [9.17, 15) is 26.4 Å². The molecule has 1 aromatic rings. The van der Waals surface area contributed by atoms with Gasteiger partial charge in [0.05, 0.1) is 10.6 Å². The molecule has 6 nitrogen and oxygen atoms in total. The number of hydrogen-bond donors (Lipinski definition) is 0. The second-order valence-corrected chi connectivity index (χ2v) is 9.19. The van der Waals surface area contributed by atoms with Gasteiger partial charge in [0.2, 0.25) is 15.9 Å². The average molecular weight is 440 g/mol. The van der Waals surface area contributed by atoms with Gasteiger partial charge in [-0.05, 0) is 24.6 Å². The van der Waals surface area contributed by atoms with Crippen LogP contribution >= 0.6 is 11.6 Å². The summed E-state index contributed by atoms with van der Waals surface area (Å²) < 4.78 is 65.6. The summed E-state index contributed by atoms with van der Waals surface area (Å²) in [6, 6.07) is 2.31. The molecule has 28 heavy (non-hydrogen) atoms. The van der Waals surface area contributed by atoms with Gasteiger partial charge in [-0.3, -0.25) is 9.69 Å². The summed E-state index contributed by atoms with van der Waals surface area (Å²) >= 11 is 5.89. The monoisotopic (exact) mass is 439 g/mol. The number of nitrogens with zero attached hydrogens (tertiary/aromatic N) is 3. The van der Waals surface area contributed by atoms with Crippen molar-refractivity contribution in [2.24, 2.45) is 0 Å². The van der Waals surface area contributed by atoms with Crippen LogP contribution in [-0.2, 0) is 21.0 Å². The van der Waals surface area contributed by atoms with Gasteiger partial charge in [0.1, 0.15) is 4.90 Å². The molecule has 156 valence electrons. The van der Waals surface area contributed by atoms with E-state index in [-0.39, 0.29) is 24.0 Å². The summed E-state index contributed by atoms with van der Waals surface area (Å²) in [5, 5.41) is -0.233. The first-order valence-corrected chi connectivity index (χ1v) is 10.8. The second kappa shape index (κ2) is 8.17. The van der Waals surface area contributed by atoms with Crippen LogP contribution in [0.4, 0.5) is 13.2 Å². The quantitative estimate of drug-likeness (QED) is 0.706. The van der Waals surface area contributed by atoms with Crippen LogP contribution in [0.3, 0.4) is 0 Å². The van der Waals surface area contributed by atoms with E-state index in [2.05, 4.69) is 0 Å². The van der Waals surface area contributed by atoms with Crippen molar-refractivity contribution >= 4 is 27.5 Å². The summed E-state index contributed by atoms with van der Waals surface area (Å²) in [6.07, 6.45) is -3.22. The molecule has 2 heterocycles. The van der Waals surface area contributed by atoms with Crippen LogP contribution in [0.25, 0.3) is 0 Å². The molecular formula is C17H21ClF3N3O3S. The lowest BCUT2D eigenvalue weighted by atomic mass is 10.2. The van der Waals surface area contributed by atoms with E-state index in [1.165, 1.54) is 0 Å². The topological polar surface area (TPSA) is 60.9 Å². The maximum atomic E-state index is 12.9. The number of hydrogen-bond acceptors (Lipinski definition) is 4. The van der Waals surface area contributed by atoms with Crippen molar-refractivity contribution in [3.05, 3.63) is 28.8 Å². The minimum absolute atomic E-state index is 0.139. The van der Waals surface area contributed by atoms with Crippen LogP contribution < -0.4 is 0 Å². The summed E-state index contributed by atoms with van der Waals surface area (Å²) in [5.41, 5.74) is -1.05. The average Bonchev–Trinajstić information content (AvgIpc) is 3.04. The molecule has 11 heteroatoms. The van der Waals surface area contributed by atoms with Crippen molar-refractivity contribution in [3.8, 4) is 0 Å². The largest absolute Gasteiger partial charge is 0.416 e. The number of piperazine rings is 1. The minimum Gasteiger partial charge on any atom is -0.341 e. The molecule has 0 spiro atoms. The Hall–Kier alpha value is -1.36. The predicted octanol–water partition coefficient (Wildman–Crippen LogP) is 2.29. The normalized spacial score (nSPS) is 20.1. The Morgan fingerprint density at radius 3 is 2.29 bits per heavy atom. The van der Waals surface area contributed by atoms with Gasteiger partial charge in [-0.2, -0.15) is 17.5 Å². The van der Waals surface area contributed by atoms with Gasteiger partial charge in [0.25, 0.3) is 0 Å². The fourth-order valence-corrected chi connectivity index (χ4v) is 5.34. The smallest absolute Gasteiger partial charge is 0.341 e. The number of halogens is 4. The standard InChI is InChI=1S/C17H21ClF3N3O3S/c18-14-4-3-13(17(19,20)21)12-15(14)28(26,27)24-10-7-22(8-11-24)6-9-23-5-1-2-16(23)25/h3-4,12H,1-2,5-11H2. The van der Waals surface area contributed by atoms with Gasteiger partial charge < -0.3 is 4.90 Å². The molecule has 1 aromatic carbocycles. The van der Waals surface area contributed by atoms with Crippen molar-refractivity contribution in [1.29, 1.82) is 0 Å². The van der Waals surface area contributed by atoms with Crippen LogP contribution in [-0.4, -0.2) is 74.2 Å². The maximum Gasteiger partial charge on any atom is 0.416 e. The molecule has 0 atom stereocenters. The number of likely N-dealkylation sites (tertiary alicyclic amines) is 1. The molecule has 2 saturated heterocycles. The zero-order valence-corrected chi connectivity index (χ0v) is 16.7. The molecule has 2 fully saturated rings. The highest BCUT2D eigenvalue weighted by Gasteiger charge is 2.35. The third-order valence-electron chi connectivity index (χ3n) is 5.07. The molecule has 0 N–H and O–H groups in total. The molecule has 3 rings (SSSR count). The Kier molecular flexibility index (Phi) is 6.23. The number of alkyl halides is 3. The molecule has 0 saturated carbocycles. The summed E-state index contributed by atoms with van der Waals surface area (Å²) in [6.45, 7) is 3.19. The molecule has 0 bridgehead atoms. The third kappa shape index (κ3) is 4.61. The Labute approximate surface area is 166 Å². The lowest BCUT2D eigenvalue weighted by molar-refractivity contribution is -0.137. The lowest BCUT2D eigenvalue weighted by Gasteiger charge is -2.34. The van der Waals surface area contributed by atoms with E-state index >= 15 is 0 Å². The number of carbonyl (C=O) groups is 1. The first-order chi connectivity index (χ1) is 13.1. The minimum atomic E-state index is -4.65. The van der Waals surface area contributed by atoms with Gasteiger partial charge in [-0.1, -0.05) is 11.6 Å². The Balaban J connectivity index is 1.64. The molecule has 2 aliphatic rings. The van der Waals surface area contributed by atoms with E-state index in [1.54, 1.807) is 4.90 Å². The van der Waals surface area contributed by atoms with Crippen molar-refractivity contribution in [3.63, 3.8) is 0 Å². The van der Waals surface area contributed by atoms with E-state index in [0.717, 1.165) is 29.4 Å². The van der Waals surface area contributed by atoms with E-state index in [1.807, 2.05) is 4.90 Å². The van der Waals surface area contributed by atoms with Crippen LogP contribution in [0.15, 0.2) is 23.1 Å².